The summed E-state index contributed by atoms with van der Waals surface area (Å²) in [5.74, 6) is 3.36. The number of ether oxygens (including phenoxy) is 1. The summed E-state index contributed by atoms with van der Waals surface area (Å²) in [4.78, 5) is 0. The average Bonchev–Trinajstić information content (AvgIpc) is 2.52. The van der Waals surface area contributed by atoms with E-state index in [1.165, 1.54) is 32.1 Å². The number of hydrogen-bond acceptors (Lipinski definition) is 1. The van der Waals surface area contributed by atoms with E-state index in [0.717, 1.165) is 31.0 Å². The topological polar surface area (TPSA) is 9.23 Å². The van der Waals surface area contributed by atoms with Gasteiger partial charge in [0, 0.05) is 6.61 Å². The van der Waals surface area contributed by atoms with Gasteiger partial charge in [-0.2, -0.15) is 0 Å². The summed E-state index contributed by atoms with van der Waals surface area (Å²) in [6, 6.07) is 0. The summed E-state index contributed by atoms with van der Waals surface area (Å²) in [5.41, 5.74) is 1.79. The van der Waals surface area contributed by atoms with Crippen LogP contribution in [0.15, 0.2) is 0 Å². The molecule has 2 fully saturated rings. The van der Waals surface area contributed by atoms with Crippen LogP contribution in [0.3, 0.4) is 0 Å². The molecule has 4 atom stereocenters. The van der Waals surface area contributed by atoms with E-state index in [9.17, 15) is 0 Å². The van der Waals surface area contributed by atoms with Crippen LogP contribution >= 0.6 is 0 Å². The monoisotopic (exact) mass is 394 g/mol. The first-order chi connectivity index (χ1) is 12.5. The summed E-state index contributed by atoms with van der Waals surface area (Å²) in [7, 11) is 0. The second-order valence-electron chi connectivity index (χ2n) is 14.0. The van der Waals surface area contributed by atoms with E-state index in [-0.39, 0.29) is 0 Å². The van der Waals surface area contributed by atoms with Crippen LogP contribution < -0.4 is 0 Å². The minimum atomic E-state index is 0.373. The molecular formula is C27H54O. The van der Waals surface area contributed by atoms with Crippen LogP contribution in [0, 0.1) is 45.3 Å². The quantitative estimate of drug-likeness (QED) is 0.399. The molecule has 0 aromatic rings. The van der Waals surface area contributed by atoms with Gasteiger partial charge < -0.3 is 4.74 Å². The molecule has 168 valence electrons. The molecule has 28 heavy (non-hydrogen) atoms. The van der Waals surface area contributed by atoms with E-state index >= 15 is 0 Å². The van der Waals surface area contributed by atoms with E-state index in [1.807, 2.05) is 0 Å². The van der Waals surface area contributed by atoms with Crippen LogP contribution in [-0.2, 0) is 4.74 Å². The molecule has 1 heterocycles. The minimum absolute atomic E-state index is 0.373. The Morgan fingerprint density at radius 2 is 0.786 bits per heavy atom. The molecular weight excluding hydrogens is 340 g/mol. The average molecular weight is 395 g/mol. The highest BCUT2D eigenvalue weighted by molar-refractivity contribution is 4.90. The fourth-order valence-electron chi connectivity index (χ4n) is 5.83. The molecule has 1 nitrogen and oxygen atoms in total. The Kier molecular flexibility index (Phi) is 8.73. The summed E-state index contributed by atoms with van der Waals surface area (Å²) in [5, 5.41) is 0. The Hall–Kier alpha value is -0.0400. The zero-order valence-corrected chi connectivity index (χ0v) is 21.7. The number of hydrogen-bond donors (Lipinski definition) is 0. The molecule has 1 aliphatic heterocycles. The molecule has 0 aromatic carbocycles. The van der Waals surface area contributed by atoms with E-state index in [0.29, 0.717) is 27.6 Å². The van der Waals surface area contributed by atoms with E-state index in [4.69, 9.17) is 4.74 Å². The van der Waals surface area contributed by atoms with Crippen LogP contribution in [0.1, 0.15) is 115 Å². The SMILES string of the molecule is CC(C)(C)C1CCCCC1C(C)(C)C.CC(C)(C)C1CCOCC1C(C)(C)C. The zero-order valence-electron chi connectivity index (χ0n) is 21.7. The predicted molar refractivity (Wildman–Crippen MR) is 126 cm³/mol. The summed E-state index contributed by atoms with van der Waals surface area (Å²) >= 11 is 0. The van der Waals surface area contributed by atoms with Gasteiger partial charge >= 0.3 is 0 Å². The first-order valence-corrected chi connectivity index (χ1v) is 12.0. The first kappa shape index (κ1) is 26.0. The molecule has 1 heteroatoms. The van der Waals surface area contributed by atoms with Crippen LogP contribution in [-0.4, -0.2) is 13.2 Å². The van der Waals surface area contributed by atoms with Gasteiger partial charge in [-0.3, -0.25) is 0 Å². The Bertz CT molecular complexity index is 361. The molecule has 1 saturated carbocycles. The maximum atomic E-state index is 5.63. The third-order valence-corrected chi connectivity index (χ3v) is 7.57. The molecule has 2 aliphatic rings. The third kappa shape index (κ3) is 7.66. The van der Waals surface area contributed by atoms with Gasteiger partial charge in [0.2, 0.25) is 0 Å². The van der Waals surface area contributed by atoms with Gasteiger partial charge in [-0.15, -0.1) is 0 Å². The lowest BCUT2D eigenvalue weighted by Gasteiger charge is -2.46. The maximum Gasteiger partial charge on any atom is 0.0502 e. The van der Waals surface area contributed by atoms with Crippen molar-refractivity contribution >= 4 is 0 Å². The second kappa shape index (κ2) is 9.40. The van der Waals surface area contributed by atoms with Crippen molar-refractivity contribution in [2.75, 3.05) is 13.2 Å². The van der Waals surface area contributed by atoms with Gasteiger partial charge in [-0.05, 0) is 64.6 Å². The summed E-state index contributed by atoms with van der Waals surface area (Å²) in [6.07, 6.45) is 7.03. The molecule has 0 bridgehead atoms. The van der Waals surface area contributed by atoms with Crippen molar-refractivity contribution < 1.29 is 4.74 Å². The molecule has 0 spiro atoms. The van der Waals surface area contributed by atoms with Crippen LogP contribution in [0.2, 0.25) is 0 Å². The van der Waals surface area contributed by atoms with Crippen molar-refractivity contribution in [1.29, 1.82) is 0 Å². The van der Waals surface area contributed by atoms with Crippen molar-refractivity contribution in [3.8, 4) is 0 Å². The van der Waals surface area contributed by atoms with Crippen LogP contribution in [0.4, 0.5) is 0 Å². The third-order valence-electron chi connectivity index (χ3n) is 7.57. The highest BCUT2D eigenvalue weighted by Crippen LogP contribution is 2.49. The standard InChI is InChI=1S/C14H28.C13H26O/c1-13(2,3)11-9-7-8-10-12(11)14(4,5)6;1-12(2,3)10-7-8-14-9-11(10)13(4,5)6/h11-12H,7-10H2,1-6H3;10-11H,7-9H2,1-6H3. The lowest BCUT2D eigenvalue weighted by molar-refractivity contribution is -0.0656. The Morgan fingerprint density at radius 1 is 0.464 bits per heavy atom. The lowest BCUT2D eigenvalue weighted by atomic mass is 9.59. The molecule has 0 aromatic heterocycles. The molecule has 4 unspecified atom stereocenters. The molecule has 0 radical (unpaired) electrons. The molecule has 2 rings (SSSR count). The van der Waals surface area contributed by atoms with Crippen molar-refractivity contribution in [3.63, 3.8) is 0 Å². The highest BCUT2D eigenvalue weighted by Gasteiger charge is 2.41. The van der Waals surface area contributed by atoms with Gasteiger partial charge in [-0.1, -0.05) is 95.9 Å². The second-order valence-corrected chi connectivity index (χ2v) is 14.0. The van der Waals surface area contributed by atoms with Crippen LogP contribution in [0.5, 0.6) is 0 Å². The Morgan fingerprint density at radius 3 is 1.07 bits per heavy atom. The summed E-state index contributed by atoms with van der Waals surface area (Å²) in [6.45, 7) is 30.5. The normalized spacial score (nSPS) is 30.4. The molecule has 1 aliphatic carbocycles. The van der Waals surface area contributed by atoms with Gasteiger partial charge in [0.15, 0.2) is 0 Å². The first-order valence-electron chi connectivity index (χ1n) is 12.0. The lowest BCUT2D eigenvalue weighted by Crippen LogP contribution is -2.42. The fourth-order valence-corrected chi connectivity index (χ4v) is 5.83. The molecule has 0 amide bonds. The molecule has 0 N–H and O–H groups in total. The van der Waals surface area contributed by atoms with Crippen molar-refractivity contribution in [2.24, 2.45) is 45.3 Å². The Balaban J connectivity index is 0.000000280. The highest BCUT2D eigenvalue weighted by atomic mass is 16.5. The minimum Gasteiger partial charge on any atom is -0.381 e. The number of rotatable bonds is 0. The Labute approximate surface area is 178 Å². The van der Waals surface area contributed by atoms with E-state index in [2.05, 4.69) is 83.1 Å². The van der Waals surface area contributed by atoms with E-state index < -0.39 is 0 Å². The van der Waals surface area contributed by atoms with Gasteiger partial charge in [0.25, 0.3) is 0 Å². The van der Waals surface area contributed by atoms with Crippen molar-refractivity contribution in [2.45, 2.75) is 115 Å². The van der Waals surface area contributed by atoms with Crippen molar-refractivity contribution in [3.05, 3.63) is 0 Å². The van der Waals surface area contributed by atoms with Gasteiger partial charge in [-0.25, -0.2) is 0 Å². The van der Waals surface area contributed by atoms with Crippen LogP contribution in [0.25, 0.3) is 0 Å². The van der Waals surface area contributed by atoms with Gasteiger partial charge in [0.1, 0.15) is 0 Å². The fraction of sp³-hybridized carbons (Fsp3) is 1.00. The largest absolute Gasteiger partial charge is 0.381 e. The maximum absolute atomic E-state index is 5.63. The summed E-state index contributed by atoms with van der Waals surface area (Å²) < 4.78 is 5.63. The van der Waals surface area contributed by atoms with Crippen molar-refractivity contribution in [1.82, 2.24) is 0 Å². The predicted octanol–water partition coefficient (Wildman–Crippen LogP) is 8.62. The smallest absolute Gasteiger partial charge is 0.0502 e. The van der Waals surface area contributed by atoms with E-state index in [1.54, 1.807) is 0 Å². The molecule has 1 saturated heterocycles. The zero-order chi connectivity index (χ0) is 22.0. The van der Waals surface area contributed by atoms with Gasteiger partial charge in [0.05, 0.1) is 6.61 Å².